The molecular formula is C17H24N4O3Si. The third-order valence-electron chi connectivity index (χ3n) is 3.79. The first-order chi connectivity index (χ1) is 11.8. The summed E-state index contributed by atoms with van der Waals surface area (Å²) in [6.45, 7) is 8.25. The second-order valence-electron chi connectivity index (χ2n) is 6.92. The van der Waals surface area contributed by atoms with Crippen molar-refractivity contribution in [3.8, 4) is 0 Å². The van der Waals surface area contributed by atoms with Crippen LogP contribution in [0.3, 0.4) is 0 Å². The number of ether oxygens (including phenoxy) is 1. The number of amides is 1. The lowest BCUT2D eigenvalue weighted by atomic mass is 10.0. The Kier molecular flexibility index (Phi) is 6.25. The first-order valence-corrected chi connectivity index (χ1v) is 11.6. The molecule has 0 N–H and O–H groups in total. The van der Waals surface area contributed by atoms with Crippen molar-refractivity contribution in [2.45, 2.75) is 51.4 Å². The molecule has 7 nitrogen and oxygen atoms in total. The number of nitrogens with zero attached hydrogens (tertiary/aromatic N) is 4. The summed E-state index contributed by atoms with van der Waals surface area (Å²) in [7, 11) is -1.89. The maximum absolute atomic E-state index is 12.5. The van der Waals surface area contributed by atoms with Crippen LogP contribution in [0.5, 0.6) is 0 Å². The summed E-state index contributed by atoms with van der Waals surface area (Å²) in [5.74, 6) is 0. The van der Waals surface area contributed by atoms with Crippen molar-refractivity contribution in [1.82, 2.24) is 4.90 Å². The molecule has 0 saturated heterocycles. The van der Waals surface area contributed by atoms with Crippen LogP contribution in [0.1, 0.15) is 12.5 Å². The summed E-state index contributed by atoms with van der Waals surface area (Å²) in [6, 6.07) is 8.77. The van der Waals surface area contributed by atoms with Crippen molar-refractivity contribution in [3.05, 3.63) is 58.6 Å². The van der Waals surface area contributed by atoms with Crippen LogP contribution in [0.25, 0.3) is 10.4 Å². The van der Waals surface area contributed by atoms with E-state index in [4.69, 9.17) is 14.7 Å². The molecular weight excluding hydrogens is 336 g/mol. The number of benzene rings is 1. The molecule has 1 aliphatic heterocycles. The molecule has 1 heterocycles. The Balaban J connectivity index is 2.10. The van der Waals surface area contributed by atoms with Crippen molar-refractivity contribution < 1.29 is 14.0 Å². The number of hydrogen-bond donors (Lipinski definition) is 0. The Bertz CT molecular complexity index is 668. The number of carbonyl (C=O) groups excluding carboxylic acids is 1. The fourth-order valence-electron chi connectivity index (χ4n) is 2.63. The van der Waals surface area contributed by atoms with Gasteiger partial charge >= 0.3 is 6.09 Å². The molecule has 0 spiro atoms. The maximum Gasteiger partial charge on any atom is 0.414 e. The highest BCUT2D eigenvalue weighted by Crippen LogP contribution is 2.25. The maximum atomic E-state index is 12.5. The summed E-state index contributed by atoms with van der Waals surface area (Å²) in [5, 5.41) is 3.80. The third-order valence-corrected chi connectivity index (χ3v) is 4.76. The van der Waals surface area contributed by atoms with Gasteiger partial charge < -0.3 is 9.16 Å². The van der Waals surface area contributed by atoms with Crippen molar-refractivity contribution >= 4 is 14.4 Å². The number of azide groups is 1. The largest absolute Gasteiger partial charge is 0.444 e. The molecule has 134 valence electrons. The van der Waals surface area contributed by atoms with Crippen molar-refractivity contribution in [3.63, 3.8) is 0 Å². The van der Waals surface area contributed by atoms with E-state index in [9.17, 15) is 4.79 Å². The van der Waals surface area contributed by atoms with E-state index in [-0.39, 0.29) is 12.6 Å². The van der Waals surface area contributed by atoms with Gasteiger partial charge in [0.2, 0.25) is 0 Å². The molecule has 1 aliphatic rings. The third kappa shape index (κ3) is 5.35. The van der Waals surface area contributed by atoms with Crippen LogP contribution >= 0.6 is 0 Å². The van der Waals surface area contributed by atoms with Gasteiger partial charge in [0, 0.05) is 11.1 Å². The van der Waals surface area contributed by atoms with Crippen LogP contribution in [0.4, 0.5) is 4.79 Å². The predicted molar refractivity (Wildman–Crippen MR) is 98.2 cm³/mol. The molecule has 1 amide bonds. The molecule has 0 radical (unpaired) electrons. The summed E-state index contributed by atoms with van der Waals surface area (Å²) >= 11 is 0. The van der Waals surface area contributed by atoms with Gasteiger partial charge in [0.05, 0.1) is 18.2 Å². The van der Waals surface area contributed by atoms with Crippen LogP contribution in [0, 0.1) is 0 Å². The molecule has 8 heteroatoms. The SMILES string of the molecule is C[C@@H]1[C@H](O[Si](C)(C)C)[C@H](N=[N+]=[N-])C=CN1C(=O)OCc1ccccc1. The van der Waals surface area contributed by atoms with Gasteiger partial charge in [0.25, 0.3) is 0 Å². The molecule has 1 aromatic rings. The van der Waals surface area contributed by atoms with E-state index in [1.54, 1.807) is 12.3 Å². The standard InChI is InChI=1S/C17H24N4O3Si/c1-13-16(24-25(2,3)4)15(19-20-18)10-11-21(13)17(22)23-12-14-8-6-5-7-9-14/h5-11,13,15-16H,12H2,1-4H3/t13-,15-,16+/m1/s1. The Morgan fingerprint density at radius 2 is 2.00 bits per heavy atom. The minimum Gasteiger partial charge on any atom is -0.444 e. The van der Waals surface area contributed by atoms with E-state index in [1.165, 1.54) is 4.90 Å². The lowest BCUT2D eigenvalue weighted by Crippen LogP contribution is -2.53. The highest BCUT2D eigenvalue weighted by molar-refractivity contribution is 6.69. The van der Waals surface area contributed by atoms with E-state index < -0.39 is 26.6 Å². The predicted octanol–water partition coefficient (Wildman–Crippen LogP) is 4.44. The first-order valence-electron chi connectivity index (χ1n) is 8.21. The highest BCUT2D eigenvalue weighted by atomic mass is 28.4. The second kappa shape index (κ2) is 8.20. The Morgan fingerprint density at radius 3 is 2.60 bits per heavy atom. The first kappa shape index (κ1) is 19.0. The smallest absolute Gasteiger partial charge is 0.414 e. The second-order valence-corrected chi connectivity index (χ2v) is 11.4. The molecule has 0 saturated carbocycles. The summed E-state index contributed by atoms with van der Waals surface area (Å²) in [6.07, 6.45) is 2.46. The van der Waals surface area contributed by atoms with E-state index >= 15 is 0 Å². The number of carbonyl (C=O) groups is 1. The van der Waals surface area contributed by atoms with Gasteiger partial charge in [-0.3, -0.25) is 4.90 Å². The fraction of sp³-hybridized carbons (Fsp3) is 0.471. The van der Waals surface area contributed by atoms with Crippen LogP contribution in [-0.2, 0) is 15.8 Å². The Labute approximate surface area is 149 Å². The summed E-state index contributed by atoms with van der Waals surface area (Å²) in [4.78, 5) is 16.9. The average Bonchev–Trinajstić information content (AvgIpc) is 2.56. The van der Waals surface area contributed by atoms with Crippen molar-refractivity contribution in [2.24, 2.45) is 5.11 Å². The molecule has 3 atom stereocenters. The molecule has 0 aliphatic carbocycles. The van der Waals surface area contributed by atoms with Gasteiger partial charge in [-0.2, -0.15) is 0 Å². The van der Waals surface area contributed by atoms with E-state index in [2.05, 4.69) is 29.7 Å². The van der Waals surface area contributed by atoms with Crippen molar-refractivity contribution in [1.29, 1.82) is 0 Å². The molecule has 2 rings (SSSR count). The number of hydrogen-bond acceptors (Lipinski definition) is 4. The molecule has 0 fully saturated rings. The van der Waals surface area contributed by atoms with Gasteiger partial charge in [0.15, 0.2) is 8.32 Å². The summed E-state index contributed by atoms with van der Waals surface area (Å²) < 4.78 is 11.6. The molecule has 0 unspecified atom stereocenters. The van der Waals surface area contributed by atoms with Crippen LogP contribution < -0.4 is 0 Å². The zero-order chi connectivity index (χ0) is 18.4. The molecule has 25 heavy (non-hydrogen) atoms. The zero-order valence-electron chi connectivity index (χ0n) is 15.0. The van der Waals surface area contributed by atoms with Gasteiger partial charge in [-0.1, -0.05) is 41.5 Å². The topological polar surface area (TPSA) is 87.5 Å². The zero-order valence-corrected chi connectivity index (χ0v) is 16.0. The average molecular weight is 360 g/mol. The van der Waals surface area contributed by atoms with E-state index in [0.29, 0.717) is 0 Å². The Morgan fingerprint density at radius 1 is 1.32 bits per heavy atom. The lowest BCUT2D eigenvalue weighted by Gasteiger charge is -2.40. The fourth-order valence-corrected chi connectivity index (χ4v) is 3.78. The molecule has 0 aromatic heterocycles. The minimum absolute atomic E-state index is 0.204. The van der Waals surface area contributed by atoms with Gasteiger partial charge in [0.1, 0.15) is 6.61 Å². The quantitative estimate of drug-likeness (QED) is 0.336. The highest BCUT2D eigenvalue weighted by Gasteiger charge is 2.38. The summed E-state index contributed by atoms with van der Waals surface area (Å²) in [5.41, 5.74) is 9.70. The molecule has 1 aromatic carbocycles. The normalized spacial score (nSPS) is 23.0. The van der Waals surface area contributed by atoms with Crippen molar-refractivity contribution in [2.75, 3.05) is 0 Å². The Hall–Kier alpha value is -2.28. The van der Waals surface area contributed by atoms with Gasteiger partial charge in [-0.25, -0.2) is 4.79 Å². The van der Waals surface area contributed by atoms with Crippen LogP contribution in [0.2, 0.25) is 19.6 Å². The van der Waals surface area contributed by atoms with Crippen LogP contribution in [-0.4, -0.2) is 37.5 Å². The lowest BCUT2D eigenvalue weighted by molar-refractivity contribution is 0.0521. The monoisotopic (exact) mass is 360 g/mol. The van der Waals surface area contributed by atoms with E-state index in [0.717, 1.165) is 5.56 Å². The van der Waals surface area contributed by atoms with Crippen LogP contribution in [0.15, 0.2) is 47.7 Å². The van der Waals surface area contributed by atoms with Gasteiger partial charge in [-0.05, 0) is 37.7 Å². The van der Waals surface area contributed by atoms with E-state index in [1.807, 2.05) is 37.3 Å². The van der Waals surface area contributed by atoms with Gasteiger partial charge in [-0.15, -0.1) is 0 Å². The molecule has 0 bridgehead atoms. The number of rotatable bonds is 5. The minimum atomic E-state index is -1.89.